The fraction of sp³-hybridized carbons (Fsp3) is 0.786. The normalized spacial score (nSPS) is 20.9. The first kappa shape index (κ1) is 29.4. The molecule has 1 aliphatic rings. The Labute approximate surface area is 179 Å². The molecule has 0 N–H and O–H groups in total. The summed E-state index contributed by atoms with van der Waals surface area (Å²) in [4.78, 5) is 0. The number of rotatable bonds is 8. The Bertz CT molecular complexity index is 401. The third-order valence-electron chi connectivity index (χ3n) is 6.14. The highest BCUT2D eigenvalue weighted by Gasteiger charge is 2.31. The van der Waals surface area contributed by atoms with Gasteiger partial charge in [0.25, 0.3) is 0 Å². The average molecular weight is 391 g/mol. The molecule has 2 rings (SSSR count). The maximum atomic E-state index is 2.41. The van der Waals surface area contributed by atoms with E-state index in [0.717, 1.165) is 23.7 Å². The van der Waals surface area contributed by atoms with Gasteiger partial charge in [-0.1, -0.05) is 130 Å². The van der Waals surface area contributed by atoms with Crippen LogP contribution in [0.1, 0.15) is 119 Å². The van der Waals surface area contributed by atoms with Crippen LogP contribution in [0.5, 0.6) is 0 Å². The van der Waals surface area contributed by atoms with E-state index in [2.05, 4.69) is 46.8 Å². The van der Waals surface area contributed by atoms with Crippen molar-refractivity contribution in [3.63, 3.8) is 0 Å². The molecule has 0 aromatic heterocycles. The fourth-order valence-electron chi connectivity index (χ4n) is 4.87. The van der Waals surface area contributed by atoms with E-state index < -0.39 is 0 Å². The van der Waals surface area contributed by atoms with Gasteiger partial charge in [-0.25, -0.2) is 0 Å². The Morgan fingerprint density at radius 3 is 1.71 bits per heavy atom. The van der Waals surface area contributed by atoms with Crippen molar-refractivity contribution in [1.29, 1.82) is 0 Å². The molecule has 0 heterocycles. The summed E-state index contributed by atoms with van der Waals surface area (Å²) in [7, 11) is 0. The van der Waals surface area contributed by atoms with Crippen molar-refractivity contribution in [3.05, 3.63) is 35.9 Å². The largest absolute Gasteiger partial charge is 0.0776 e. The van der Waals surface area contributed by atoms with Crippen LogP contribution in [-0.4, -0.2) is 0 Å². The number of hydrogen-bond acceptors (Lipinski definition) is 0. The van der Waals surface area contributed by atoms with E-state index in [1.54, 1.807) is 12.8 Å². The predicted octanol–water partition coefficient (Wildman–Crippen LogP) is 10.1. The van der Waals surface area contributed by atoms with Crippen molar-refractivity contribution in [1.82, 2.24) is 0 Å². The average Bonchev–Trinajstić information content (AvgIpc) is 2.70. The van der Waals surface area contributed by atoms with Gasteiger partial charge >= 0.3 is 0 Å². The lowest BCUT2D eigenvalue weighted by Gasteiger charge is -2.39. The molecule has 0 nitrogen and oxygen atoms in total. The Morgan fingerprint density at radius 2 is 1.32 bits per heavy atom. The van der Waals surface area contributed by atoms with Gasteiger partial charge in [-0.2, -0.15) is 0 Å². The summed E-state index contributed by atoms with van der Waals surface area (Å²) in [5.74, 6) is 4.18. The summed E-state index contributed by atoms with van der Waals surface area (Å²) in [5, 5.41) is 0. The van der Waals surface area contributed by atoms with Crippen LogP contribution in [0.15, 0.2) is 30.3 Å². The van der Waals surface area contributed by atoms with Crippen LogP contribution in [0.3, 0.4) is 0 Å². The SMILES string of the molecule is C.CC.CCCC1CC(CC)CC(C(CCC)CCC)C1.Cc1ccccc1. The monoisotopic (exact) mass is 390 g/mol. The Balaban J connectivity index is 0. The number of benzene rings is 1. The second-order valence-corrected chi connectivity index (χ2v) is 8.39. The maximum absolute atomic E-state index is 2.41. The molecule has 0 aliphatic heterocycles. The molecule has 0 heteroatoms. The van der Waals surface area contributed by atoms with Crippen molar-refractivity contribution >= 4 is 0 Å². The smallest absolute Gasteiger partial charge is 0.0381 e. The zero-order valence-corrected chi connectivity index (χ0v) is 19.8. The lowest BCUT2D eigenvalue weighted by molar-refractivity contribution is 0.123. The number of hydrogen-bond donors (Lipinski definition) is 0. The molecule has 1 aromatic rings. The van der Waals surface area contributed by atoms with Crippen LogP contribution in [-0.2, 0) is 0 Å². The molecular weight excluding hydrogens is 336 g/mol. The van der Waals surface area contributed by atoms with Gasteiger partial charge in [-0.05, 0) is 49.9 Å². The molecule has 3 unspecified atom stereocenters. The second-order valence-electron chi connectivity index (χ2n) is 8.39. The molecule has 0 saturated heterocycles. The lowest BCUT2D eigenvalue weighted by Crippen LogP contribution is -2.28. The van der Waals surface area contributed by atoms with Crippen molar-refractivity contribution in [2.45, 2.75) is 120 Å². The van der Waals surface area contributed by atoms with E-state index >= 15 is 0 Å². The van der Waals surface area contributed by atoms with Crippen LogP contribution >= 0.6 is 0 Å². The minimum absolute atomic E-state index is 0. The Hall–Kier alpha value is -0.780. The fourth-order valence-corrected chi connectivity index (χ4v) is 4.87. The third kappa shape index (κ3) is 12.6. The molecular formula is C28H54. The van der Waals surface area contributed by atoms with Gasteiger partial charge in [-0.15, -0.1) is 0 Å². The summed E-state index contributed by atoms with van der Waals surface area (Å²) >= 11 is 0. The quantitative estimate of drug-likeness (QED) is 0.414. The van der Waals surface area contributed by atoms with Gasteiger partial charge in [0, 0.05) is 0 Å². The highest BCUT2D eigenvalue weighted by atomic mass is 14.4. The topological polar surface area (TPSA) is 0 Å². The van der Waals surface area contributed by atoms with Crippen molar-refractivity contribution in [3.8, 4) is 0 Å². The molecule has 1 saturated carbocycles. The van der Waals surface area contributed by atoms with E-state index in [1.807, 2.05) is 32.0 Å². The summed E-state index contributed by atoms with van der Waals surface area (Å²) < 4.78 is 0. The lowest BCUT2D eigenvalue weighted by atomic mass is 9.67. The molecule has 0 spiro atoms. The highest BCUT2D eigenvalue weighted by molar-refractivity contribution is 5.11. The van der Waals surface area contributed by atoms with Crippen LogP contribution in [0.2, 0.25) is 0 Å². The first-order chi connectivity index (χ1) is 13.1. The molecule has 28 heavy (non-hydrogen) atoms. The molecule has 166 valence electrons. The van der Waals surface area contributed by atoms with Gasteiger partial charge in [-0.3, -0.25) is 0 Å². The van der Waals surface area contributed by atoms with Crippen molar-refractivity contribution < 1.29 is 0 Å². The zero-order chi connectivity index (χ0) is 20.5. The van der Waals surface area contributed by atoms with Crippen molar-refractivity contribution in [2.24, 2.45) is 23.7 Å². The van der Waals surface area contributed by atoms with Gasteiger partial charge in [0.15, 0.2) is 0 Å². The third-order valence-corrected chi connectivity index (χ3v) is 6.14. The Morgan fingerprint density at radius 1 is 0.786 bits per heavy atom. The summed E-state index contributed by atoms with van der Waals surface area (Å²) in [6.07, 6.45) is 14.6. The van der Waals surface area contributed by atoms with Crippen LogP contribution in [0, 0.1) is 30.6 Å². The summed E-state index contributed by atoms with van der Waals surface area (Å²) in [6, 6.07) is 10.3. The van der Waals surface area contributed by atoms with Gasteiger partial charge in [0.05, 0.1) is 0 Å². The zero-order valence-electron chi connectivity index (χ0n) is 19.8. The maximum Gasteiger partial charge on any atom is -0.0381 e. The first-order valence-corrected chi connectivity index (χ1v) is 12.2. The van der Waals surface area contributed by atoms with Gasteiger partial charge in [0.2, 0.25) is 0 Å². The molecule has 0 radical (unpaired) electrons. The first-order valence-electron chi connectivity index (χ1n) is 12.2. The molecule has 0 amide bonds. The van der Waals surface area contributed by atoms with E-state index in [0.29, 0.717) is 0 Å². The van der Waals surface area contributed by atoms with Gasteiger partial charge < -0.3 is 0 Å². The highest BCUT2D eigenvalue weighted by Crippen LogP contribution is 2.42. The summed E-state index contributed by atoms with van der Waals surface area (Å²) in [6.45, 7) is 15.6. The summed E-state index contributed by atoms with van der Waals surface area (Å²) in [5.41, 5.74) is 1.32. The van der Waals surface area contributed by atoms with Crippen LogP contribution in [0.25, 0.3) is 0 Å². The van der Waals surface area contributed by atoms with E-state index in [9.17, 15) is 0 Å². The van der Waals surface area contributed by atoms with E-state index in [1.165, 1.54) is 56.9 Å². The van der Waals surface area contributed by atoms with Crippen LogP contribution in [0.4, 0.5) is 0 Å². The van der Waals surface area contributed by atoms with E-state index in [-0.39, 0.29) is 7.43 Å². The molecule has 1 aliphatic carbocycles. The number of aryl methyl sites for hydroxylation is 1. The van der Waals surface area contributed by atoms with E-state index in [4.69, 9.17) is 0 Å². The molecule has 3 atom stereocenters. The second kappa shape index (κ2) is 19.5. The molecule has 1 fully saturated rings. The minimum Gasteiger partial charge on any atom is -0.0776 e. The van der Waals surface area contributed by atoms with Gasteiger partial charge in [0.1, 0.15) is 0 Å². The van der Waals surface area contributed by atoms with Crippen molar-refractivity contribution in [2.75, 3.05) is 0 Å². The minimum atomic E-state index is 0. The molecule has 0 bridgehead atoms. The standard InChI is InChI=1S/C18H36.C7H8.C2H6.CH4/c1-5-9-16-12-15(8-4)13-18(14-16)17(10-6-2)11-7-3;1-7-5-3-2-4-6-7;1-2;/h15-18H,5-14H2,1-4H3;2-6H,1H3;1-2H3;1H4. The Kier molecular flexibility index (Phi) is 20.5. The van der Waals surface area contributed by atoms with Crippen LogP contribution < -0.4 is 0 Å². The predicted molar refractivity (Wildman–Crippen MR) is 132 cm³/mol. The molecule has 1 aromatic carbocycles.